The van der Waals surface area contributed by atoms with Crippen LogP contribution in [0.25, 0.3) is 0 Å². The molecule has 66 valence electrons. The van der Waals surface area contributed by atoms with Gasteiger partial charge in [-0.1, -0.05) is 11.8 Å². The van der Waals surface area contributed by atoms with Crippen molar-refractivity contribution in [2.75, 3.05) is 12.4 Å². The Bertz CT molecular complexity index is 251. The molecular weight excluding hydrogens is 180 g/mol. The molecule has 3 N–H and O–H groups in total. The zero-order valence-electron chi connectivity index (χ0n) is 6.19. The molecule has 0 spiro atoms. The van der Waals surface area contributed by atoms with Gasteiger partial charge < -0.3 is 15.7 Å². The van der Waals surface area contributed by atoms with Gasteiger partial charge in [0.2, 0.25) is 5.91 Å². The van der Waals surface area contributed by atoms with Crippen molar-refractivity contribution in [2.45, 2.75) is 0 Å². The highest BCUT2D eigenvalue weighted by molar-refractivity contribution is 8.04. The first-order valence-corrected chi connectivity index (χ1v) is 4.18. The third kappa shape index (κ3) is 2.16. The molecule has 0 aromatic carbocycles. The summed E-state index contributed by atoms with van der Waals surface area (Å²) >= 11 is 1.18. The fourth-order valence-corrected chi connectivity index (χ4v) is 1.62. The summed E-state index contributed by atoms with van der Waals surface area (Å²) in [5.74, 6) is -0.949. The molecule has 0 fully saturated rings. The maximum atomic E-state index is 10.4. The van der Waals surface area contributed by atoms with Gasteiger partial charge in [0.15, 0.2) is 0 Å². The van der Waals surface area contributed by atoms with Gasteiger partial charge in [0, 0.05) is 6.20 Å². The highest BCUT2D eigenvalue weighted by Crippen LogP contribution is 2.24. The number of amides is 1. The van der Waals surface area contributed by atoms with E-state index < -0.39 is 11.9 Å². The Labute approximate surface area is 73.2 Å². The van der Waals surface area contributed by atoms with Gasteiger partial charge in [-0.25, -0.2) is 4.79 Å². The Morgan fingerprint density at radius 1 is 1.75 bits per heavy atom. The van der Waals surface area contributed by atoms with Crippen LogP contribution in [0.3, 0.4) is 0 Å². The van der Waals surface area contributed by atoms with Gasteiger partial charge in [-0.05, 0) is 0 Å². The van der Waals surface area contributed by atoms with Gasteiger partial charge in [0.25, 0.3) is 0 Å². The SMILES string of the molecule is NC(=O)CN1C=C(C(=O)O)SC1. The van der Waals surface area contributed by atoms with E-state index in [1.165, 1.54) is 18.0 Å². The lowest BCUT2D eigenvalue weighted by molar-refractivity contribution is -0.131. The average molecular weight is 188 g/mol. The van der Waals surface area contributed by atoms with E-state index in [-0.39, 0.29) is 11.4 Å². The molecule has 0 saturated carbocycles. The molecule has 0 radical (unpaired) electrons. The highest BCUT2D eigenvalue weighted by Gasteiger charge is 2.18. The number of carbonyl (C=O) groups is 2. The van der Waals surface area contributed by atoms with Crippen molar-refractivity contribution in [1.82, 2.24) is 4.90 Å². The minimum absolute atomic E-state index is 0.0732. The minimum atomic E-state index is -0.966. The molecule has 0 aromatic heterocycles. The van der Waals surface area contributed by atoms with Crippen molar-refractivity contribution in [3.05, 3.63) is 11.1 Å². The van der Waals surface area contributed by atoms with Crippen LogP contribution in [0.4, 0.5) is 0 Å². The molecule has 1 rings (SSSR count). The maximum absolute atomic E-state index is 10.4. The third-order valence-electron chi connectivity index (χ3n) is 1.26. The van der Waals surface area contributed by atoms with E-state index in [1.807, 2.05) is 0 Å². The monoisotopic (exact) mass is 188 g/mol. The normalized spacial score (nSPS) is 16.0. The summed E-state index contributed by atoms with van der Waals surface area (Å²) in [6.07, 6.45) is 1.43. The van der Waals surface area contributed by atoms with Crippen LogP contribution in [0, 0.1) is 0 Å². The fourth-order valence-electron chi connectivity index (χ4n) is 0.801. The van der Waals surface area contributed by atoms with Crippen molar-refractivity contribution in [3.8, 4) is 0 Å². The van der Waals surface area contributed by atoms with E-state index in [4.69, 9.17) is 10.8 Å². The topological polar surface area (TPSA) is 83.6 Å². The van der Waals surface area contributed by atoms with Crippen molar-refractivity contribution in [2.24, 2.45) is 5.73 Å². The van der Waals surface area contributed by atoms with Crippen LogP contribution in [0.5, 0.6) is 0 Å². The average Bonchev–Trinajstić information content (AvgIpc) is 2.34. The van der Waals surface area contributed by atoms with Crippen molar-refractivity contribution in [3.63, 3.8) is 0 Å². The van der Waals surface area contributed by atoms with Gasteiger partial charge in [-0.3, -0.25) is 4.79 Å². The number of primary amides is 1. The van der Waals surface area contributed by atoms with Crippen LogP contribution in [-0.2, 0) is 9.59 Å². The molecule has 0 bridgehead atoms. The second kappa shape index (κ2) is 3.48. The zero-order chi connectivity index (χ0) is 9.14. The molecule has 0 unspecified atom stereocenters. The van der Waals surface area contributed by atoms with Crippen molar-refractivity contribution >= 4 is 23.6 Å². The number of carbonyl (C=O) groups excluding carboxylic acids is 1. The number of carboxylic acids is 1. The Morgan fingerprint density at radius 3 is 2.83 bits per heavy atom. The lowest BCUT2D eigenvalue weighted by Crippen LogP contribution is -2.28. The van der Waals surface area contributed by atoms with Gasteiger partial charge in [-0.15, -0.1) is 0 Å². The minimum Gasteiger partial charge on any atom is -0.477 e. The summed E-state index contributed by atoms with van der Waals surface area (Å²) in [5, 5.41) is 8.53. The number of rotatable bonds is 3. The van der Waals surface area contributed by atoms with Crippen LogP contribution < -0.4 is 5.73 Å². The Morgan fingerprint density at radius 2 is 2.42 bits per heavy atom. The van der Waals surface area contributed by atoms with Crippen LogP contribution in [0.15, 0.2) is 11.1 Å². The number of nitrogens with two attached hydrogens (primary N) is 1. The largest absolute Gasteiger partial charge is 0.477 e. The van der Waals surface area contributed by atoms with Crippen LogP contribution >= 0.6 is 11.8 Å². The second-order valence-corrected chi connectivity index (χ2v) is 3.27. The summed E-state index contributed by atoms with van der Waals surface area (Å²) in [7, 11) is 0. The maximum Gasteiger partial charge on any atom is 0.343 e. The summed E-state index contributed by atoms with van der Waals surface area (Å²) in [6.45, 7) is 0.0732. The molecule has 0 saturated heterocycles. The molecule has 1 amide bonds. The Kier molecular flexibility index (Phi) is 2.59. The zero-order valence-corrected chi connectivity index (χ0v) is 7.00. The molecule has 0 aliphatic carbocycles. The number of hydrogen-bond donors (Lipinski definition) is 2. The number of carboxylic acid groups (broad SMARTS) is 1. The second-order valence-electron chi connectivity index (χ2n) is 2.29. The van der Waals surface area contributed by atoms with Gasteiger partial charge in [0.05, 0.1) is 12.4 Å². The molecule has 1 aliphatic heterocycles. The van der Waals surface area contributed by atoms with Crippen molar-refractivity contribution < 1.29 is 14.7 Å². The van der Waals surface area contributed by atoms with E-state index in [9.17, 15) is 9.59 Å². The van der Waals surface area contributed by atoms with Gasteiger partial charge >= 0.3 is 5.97 Å². The number of aliphatic carboxylic acids is 1. The quantitative estimate of drug-likeness (QED) is 0.618. The molecule has 12 heavy (non-hydrogen) atoms. The number of nitrogens with zero attached hydrogens (tertiary/aromatic N) is 1. The van der Waals surface area contributed by atoms with E-state index >= 15 is 0 Å². The van der Waals surface area contributed by atoms with Gasteiger partial charge in [0.1, 0.15) is 4.91 Å². The summed E-state index contributed by atoms with van der Waals surface area (Å²) in [5.41, 5.74) is 4.93. The lowest BCUT2D eigenvalue weighted by atomic mass is 10.5. The highest BCUT2D eigenvalue weighted by atomic mass is 32.2. The molecule has 0 atom stereocenters. The van der Waals surface area contributed by atoms with E-state index in [0.29, 0.717) is 5.88 Å². The molecule has 1 aliphatic rings. The predicted molar refractivity (Wildman–Crippen MR) is 44.1 cm³/mol. The number of hydrogen-bond acceptors (Lipinski definition) is 4. The number of thioether (sulfide) groups is 1. The summed E-state index contributed by atoms with van der Waals surface area (Å²) in [6, 6.07) is 0. The Balaban J connectivity index is 2.53. The van der Waals surface area contributed by atoms with Crippen molar-refractivity contribution in [1.29, 1.82) is 0 Å². The van der Waals surface area contributed by atoms with E-state index in [0.717, 1.165) is 0 Å². The third-order valence-corrected chi connectivity index (χ3v) is 2.31. The van der Waals surface area contributed by atoms with E-state index in [1.54, 1.807) is 4.90 Å². The summed E-state index contributed by atoms with van der Waals surface area (Å²) in [4.78, 5) is 22.6. The smallest absolute Gasteiger partial charge is 0.343 e. The molecule has 6 heteroatoms. The van der Waals surface area contributed by atoms with Crippen LogP contribution in [0.1, 0.15) is 0 Å². The first-order chi connectivity index (χ1) is 5.59. The molecule has 1 heterocycles. The molecule has 0 aromatic rings. The Hall–Kier alpha value is -1.17. The first-order valence-electron chi connectivity index (χ1n) is 3.20. The van der Waals surface area contributed by atoms with Crippen LogP contribution in [-0.4, -0.2) is 34.3 Å². The fraction of sp³-hybridized carbons (Fsp3) is 0.333. The lowest BCUT2D eigenvalue weighted by Gasteiger charge is -2.09. The van der Waals surface area contributed by atoms with Crippen LogP contribution in [0.2, 0.25) is 0 Å². The summed E-state index contributed by atoms with van der Waals surface area (Å²) < 4.78 is 0. The van der Waals surface area contributed by atoms with Gasteiger partial charge in [-0.2, -0.15) is 0 Å². The first kappa shape index (κ1) is 8.92. The molecular formula is C6H8N2O3S. The predicted octanol–water partition coefficient (Wildman–Crippen LogP) is -0.596. The standard InChI is InChI=1S/C6H8N2O3S/c7-5(9)2-8-1-4(6(10)11)12-3-8/h1H,2-3H2,(H2,7,9)(H,10,11). The molecule has 5 nitrogen and oxygen atoms in total. The van der Waals surface area contributed by atoms with E-state index in [2.05, 4.69) is 0 Å².